The lowest BCUT2D eigenvalue weighted by molar-refractivity contribution is 0.0664. The van der Waals surface area contributed by atoms with Gasteiger partial charge in [0.05, 0.1) is 16.8 Å². The first-order chi connectivity index (χ1) is 15.2. The summed E-state index contributed by atoms with van der Waals surface area (Å²) >= 11 is 11.6. The fourth-order valence-electron chi connectivity index (χ4n) is 3.23. The molecular formula is C23H27ClN4O3S. The maximum absolute atomic E-state index is 12.8. The van der Waals surface area contributed by atoms with Gasteiger partial charge in [-0.2, -0.15) is 0 Å². The summed E-state index contributed by atoms with van der Waals surface area (Å²) in [5.74, 6) is 0.265. The molecule has 0 atom stereocenters. The summed E-state index contributed by atoms with van der Waals surface area (Å²) < 4.78 is 5.58. The van der Waals surface area contributed by atoms with E-state index in [1.165, 1.54) is 0 Å². The van der Waals surface area contributed by atoms with Crippen LogP contribution in [-0.4, -0.2) is 66.1 Å². The van der Waals surface area contributed by atoms with Crippen molar-refractivity contribution in [3.05, 3.63) is 58.6 Å². The Labute approximate surface area is 198 Å². The van der Waals surface area contributed by atoms with Crippen LogP contribution in [0.4, 0.5) is 5.69 Å². The van der Waals surface area contributed by atoms with E-state index in [9.17, 15) is 9.59 Å². The van der Waals surface area contributed by atoms with Crippen molar-refractivity contribution in [2.45, 2.75) is 20.0 Å². The van der Waals surface area contributed by atoms with E-state index in [0.717, 1.165) is 13.1 Å². The molecule has 1 aliphatic heterocycles. The molecule has 0 radical (unpaired) electrons. The molecule has 2 aromatic rings. The van der Waals surface area contributed by atoms with Gasteiger partial charge in [0.1, 0.15) is 5.75 Å². The summed E-state index contributed by atoms with van der Waals surface area (Å²) in [4.78, 5) is 29.3. The lowest BCUT2D eigenvalue weighted by atomic mass is 10.1. The van der Waals surface area contributed by atoms with Crippen molar-refractivity contribution in [3.63, 3.8) is 0 Å². The molecule has 0 aromatic heterocycles. The third-order valence-electron chi connectivity index (χ3n) is 4.97. The smallest absolute Gasteiger partial charge is 0.257 e. The molecule has 1 saturated heterocycles. The molecule has 1 aliphatic rings. The molecule has 2 N–H and O–H groups in total. The van der Waals surface area contributed by atoms with E-state index in [4.69, 9.17) is 28.6 Å². The highest BCUT2D eigenvalue weighted by Gasteiger charge is 2.21. The first-order valence-corrected chi connectivity index (χ1v) is 11.2. The lowest BCUT2D eigenvalue weighted by Crippen LogP contribution is -2.47. The zero-order valence-corrected chi connectivity index (χ0v) is 19.9. The van der Waals surface area contributed by atoms with Gasteiger partial charge in [0.25, 0.3) is 11.8 Å². The maximum atomic E-state index is 12.8. The van der Waals surface area contributed by atoms with Crippen LogP contribution < -0.4 is 15.4 Å². The molecule has 0 saturated carbocycles. The number of ether oxygens (including phenoxy) is 1. The maximum Gasteiger partial charge on any atom is 0.257 e. The first kappa shape index (κ1) is 24.0. The third-order valence-corrected chi connectivity index (χ3v) is 5.50. The van der Waals surface area contributed by atoms with Gasteiger partial charge in [-0.25, -0.2) is 0 Å². The van der Waals surface area contributed by atoms with Crippen molar-refractivity contribution >= 4 is 46.4 Å². The number of carbonyl (C=O) groups is 2. The number of nitrogens with zero attached hydrogens (tertiary/aromatic N) is 2. The number of piperazine rings is 1. The molecule has 32 heavy (non-hydrogen) atoms. The molecule has 0 spiro atoms. The van der Waals surface area contributed by atoms with Gasteiger partial charge in [-0.15, -0.1) is 0 Å². The molecule has 2 aromatic carbocycles. The summed E-state index contributed by atoms with van der Waals surface area (Å²) in [5.41, 5.74) is 1.41. The molecule has 1 heterocycles. The van der Waals surface area contributed by atoms with Crippen molar-refractivity contribution in [1.29, 1.82) is 0 Å². The molecule has 3 rings (SSSR count). The highest BCUT2D eigenvalue weighted by Crippen LogP contribution is 2.24. The molecular weight excluding hydrogens is 448 g/mol. The number of rotatable bonds is 5. The topological polar surface area (TPSA) is 73.9 Å². The summed E-state index contributed by atoms with van der Waals surface area (Å²) in [7, 11) is 2.04. The number of amides is 2. The Morgan fingerprint density at radius 1 is 1.03 bits per heavy atom. The van der Waals surface area contributed by atoms with E-state index in [1.54, 1.807) is 42.5 Å². The average molecular weight is 475 g/mol. The van der Waals surface area contributed by atoms with Crippen molar-refractivity contribution in [2.24, 2.45) is 0 Å². The van der Waals surface area contributed by atoms with E-state index < -0.39 is 0 Å². The summed E-state index contributed by atoms with van der Waals surface area (Å²) in [6.07, 6.45) is 0.0510. The number of anilines is 1. The van der Waals surface area contributed by atoms with Gasteiger partial charge in [-0.05, 0) is 75.6 Å². The van der Waals surface area contributed by atoms with E-state index in [2.05, 4.69) is 15.5 Å². The Bertz CT molecular complexity index is 989. The highest BCUT2D eigenvalue weighted by molar-refractivity contribution is 7.80. The van der Waals surface area contributed by atoms with Gasteiger partial charge < -0.3 is 19.9 Å². The van der Waals surface area contributed by atoms with Crippen molar-refractivity contribution in [2.75, 3.05) is 38.5 Å². The Hall–Kier alpha value is -2.68. The lowest BCUT2D eigenvalue weighted by Gasteiger charge is -2.32. The normalized spacial score (nSPS) is 14.2. The van der Waals surface area contributed by atoms with Crippen LogP contribution in [0.25, 0.3) is 0 Å². The Kier molecular flexibility index (Phi) is 8.06. The van der Waals surface area contributed by atoms with E-state index >= 15 is 0 Å². The van der Waals surface area contributed by atoms with Gasteiger partial charge in [0.15, 0.2) is 5.11 Å². The molecule has 0 aliphatic carbocycles. The second-order valence-corrected chi connectivity index (χ2v) is 8.70. The van der Waals surface area contributed by atoms with Crippen LogP contribution in [0.2, 0.25) is 5.02 Å². The molecule has 0 unspecified atom stereocenters. The van der Waals surface area contributed by atoms with Crippen LogP contribution in [0.5, 0.6) is 5.75 Å². The summed E-state index contributed by atoms with van der Waals surface area (Å²) in [6.45, 7) is 6.90. The number of hydrogen-bond donors (Lipinski definition) is 2. The third kappa shape index (κ3) is 6.41. The predicted octanol–water partition coefficient (Wildman–Crippen LogP) is 3.64. The van der Waals surface area contributed by atoms with Crippen molar-refractivity contribution in [3.8, 4) is 5.75 Å². The Morgan fingerprint density at radius 2 is 1.66 bits per heavy atom. The molecule has 0 bridgehead atoms. The van der Waals surface area contributed by atoms with Crippen LogP contribution in [0.1, 0.15) is 34.6 Å². The fourth-order valence-corrected chi connectivity index (χ4v) is 3.60. The number of likely N-dealkylation sites (N-methyl/N-ethyl adjacent to an activating group) is 1. The summed E-state index contributed by atoms with van der Waals surface area (Å²) in [6, 6.07) is 11.8. The van der Waals surface area contributed by atoms with Gasteiger partial charge >= 0.3 is 0 Å². The van der Waals surface area contributed by atoms with Crippen molar-refractivity contribution < 1.29 is 14.3 Å². The minimum atomic E-state index is -0.362. The number of nitrogens with one attached hydrogen (secondary N) is 2. The van der Waals surface area contributed by atoms with Gasteiger partial charge in [-0.3, -0.25) is 14.9 Å². The van der Waals surface area contributed by atoms with Crippen LogP contribution in [0.3, 0.4) is 0 Å². The predicted molar refractivity (Wildman–Crippen MR) is 131 cm³/mol. The molecule has 170 valence electrons. The number of hydrogen-bond acceptors (Lipinski definition) is 5. The Morgan fingerprint density at radius 3 is 2.28 bits per heavy atom. The number of carbonyl (C=O) groups excluding carboxylic acids is 2. The van der Waals surface area contributed by atoms with Crippen LogP contribution in [0.15, 0.2) is 42.5 Å². The van der Waals surface area contributed by atoms with Gasteiger partial charge in [0, 0.05) is 37.3 Å². The van der Waals surface area contributed by atoms with E-state index in [1.807, 2.05) is 25.8 Å². The number of benzene rings is 2. The largest absolute Gasteiger partial charge is 0.491 e. The standard InChI is InChI=1S/C23H27ClN4O3S/c1-15(2)31-18-7-4-16(5-8-18)21(29)26-23(32)25-20-14-17(6-9-19(20)24)22(30)28-12-10-27(3)11-13-28/h4-9,14-15H,10-13H2,1-3H3,(H2,25,26,29,32). The van der Waals surface area contributed by atoms with Crippen LogP contribution in [0, 0.1) is 0 Å². The number of thiocarbonyl (C=S) groups is 1. The van der Waals surface area contributed by atoms with Crippen LogP contribution in [-0.2, 0) is 0 Å². The van der Waals surface area contributed by atoms with Crippen molar-refractivity contribution in [1.82, 2.24) is 15.1 Å². The van der Waals surface area contributed by atoms with Gasteiger partial charge in [0.2, 0.25) is 0 Å². The fraction of sp³-hybridized carbons (Fsp3) is 0.348. The molecule has 9 heteroatoms. The summed E-state index contributed by atoms with van der Waals surface area (Å²) in [5, 5.41) is 6.03. The molecule has 2 amide bonds. The molecule has 7 nitrogen and oxygen atoms in total. The zero-order valence-electron chi connectivity index (χ0n) is 18.4. The van der Waals surface area contributed by atoms with Crippen LogP contribution >= 0.6 is 23.8 Å². The SMILES string of the molecule is CC(C)Oc1ccc(C(=O)NC(=S)Nc2cc(C(=O)N3CCN(C)CC3)ccc2Cl)cc1. The average Bonchev–Trinajstić information content (AvgIpc) is 2.75. The quantitative estimate of drug-likeness (QED) is 0.644. The van der Waals surface area contributed by atoms with Gasteiger partial charge in [-0.1, -0.05) is 11.6 Å². The minimum Gasteiger partial charge on any atom is -0.491 e. The zero-order chi connectivity index (χ0) is 23.3. The number of halogens is 1. The second kappa shape index (κ2) is 10.8. The Balaban J connectivity index is 1.62. The first-order valence-electron chi connectivity index (χ1n) is 10.4. The highest BCUT2D eigenvalue weighted by atomic mass is 35.5. The second-order valence-electron chi connectivity index (χ2n) is 7.89. The molecule has 1 fully saturated rings. The van der Waals surface area contributed by atoms with E-state index in [-0.39, 0.29) is 23.0 Å². The minimum absolute atomic E-state index is 0.0510. The van der Waals surface area contributed by atoms with E-state index in [0.29, 0.717) is 40.7 Å². The monoisotopic (exact) mass is 474 g/mol.